The van der Waals surface area contributed by atoms with E-state index in [4.69, 9.17) is 9.47 Å². The summed E-state index contributed by atoms with van der Waals surface area (Å²) in [5.74, 6) is 0.222. The molecule has 3 aromatic rings. The molecule has 8 heteroatoms. The van der Waals surface area contributed by atoms with Crippen molar-refractivity contribution in [1.82, 2.24) is 4.90 Å². The zero-order valence-electron chi connectivity index (χ0n) is 17.5. The number of thioether (sulfide) groups is 1. The number of benzene rings is 3. The molecule has 33 heavy (non-hydrogen) atoms. The minimum Gasteiger partial charge on any atom is -0.497 e. The first kappa shape index (κ1) is 23.1. The summed E-state index contributed by atoms with van der Waals surface area (Å²) < 4.78 is 11.6. The highest BCUT2D eigenvalue weighted by Gasteiger charge is 2.34. The smallest absolute Gasteiger partial charge is 0.343 e. The number of halogens is 1. The lowest BCUT2D eigenvalue weighted by molar-refractivity contribution is -0.123. The fraction of sp³-hybridized carbons (Fsp3) is 0.0800. The predicted molar refractivity (Wildman–Crippen MR) is 135 cm³/mol. The average Bonchev–Trinajstić information content (AvgIpc) is 3.09. The second-order valence-electron chi connectivity index (χ2n) is 7.08. The van der Waals surface area contributed by atoms with Crippen LogP contribution in [0.2, 0.25) is 0 Å². The van der Waals surface area contributed by atoms with E-state index >= 15 is 0 Å². The minimum absolute atomic E-state index is 0.235. The lowest BCUT2D eigenvalue weighted by Gasteiger charge is -2.12. The third kappa shape index (κ3) is 5.63. The molecule has 0 saturated carbocycles. The fourth-order valence-corrected chi connectivity index (χ4v) is 4.28. The number of carbonyl (C=O) groups is 3. The van der Waals surface area contributed by atoms with Gasteiger partial charge in [0.1, 0.15) is 11.5 Å². The van der Waals surface area contributed by atoms with Crippen LogP contribution in [0.5, 0.6) is 11.5 Å². The molecule has 0 unspecified atom stereocenters. The molecule has 1 fully saturated rings. The van der Waals surface area contributed by atoms with Gasteiger partial charge in [0.25, 0.3) is 11.1 Å². The third-order valence-electron chi connectivity index (χ3n) is 4.84. The van der Waals surface area contributed by atoms with Crippen LogP contribution in [0.25, 0.3) is 6.08 Å². The van der Waals surface area contributed by atoms with E-state index in [1.165, 1.54) is 4.90 Å². The highest BCUT2D eigenvalue weighted by atomic mass is 127. The quantitative estimate of drug-likeness (QED) is 0.162. The van der Waals surface area contributed by atoms with Crippen molar-refractivity contribution in [3.8, 4) is 11.5 Å². The molecular formula is C25H18INO5S. The molecule has 6 nitrogen and oxygen atoms in total. The maximum atomic E-state index is 12.7. The Balaban J connectivity index is 1.41. The van der Waals surface area contributed by atoms with E-state index in [1.807, 2.05) is 24.3 Å². The maximum Gasteiger partial charge on any atom is 0.343 e. The number of ether oxygens (including phenoxy) is 2. The van der Waals surface area contributed by atoms with Gasteiger partial charge in [0.2, 0.25) is 0 Å². The highest BCUT2D eigenvalue weighted by molar-refractivity contribution is 14.1. The van der Waals surface area contributed by atoms with Crippen LogP contribution in [0.15, 0.2) is 77.7 Å². The molecule has 0 bridgehead atoms. The van der Waals surface area contributed by atoms with E-state index in [-0.39, 0.29) is 17.7 Å². The summed E-state index contributed by atoms with van der Waals surface area (Å²) in [6.07, 6.45) is 1.66. The van der Waals surface area contributed by atoms with E-state index in [1.54, 1.807) is 61.7 Å². The van der Waals surface area contributed by atoms with Crippen molar-refractivity contribution in [2.24, 2.45) is 0 Å². The second kappa shape index (κ2) is 10.2. The van der Waals surface area contributed by atoms with Crippen molar-refractivity contribution in [1.29, 1.82) is 0 Å². The SMILES string of the molecule is COc1ccc(C(=O)Oc2ccc(/C=C3/SC(=O)N(Cc4ccc(I)cc4)C3=O)cc2)cc1. The van der Waals surface area contributed by atoms with E-state index < -0.39 is 5.97 Å². The molecule has 0 spiro atoms. The zero-order chi connectivity index (χ0) is 23.4. The monoisotopic (exact) mass is 571 g/mol. The molecule has 0 atom stereocenters. The number of imide groups is 1. The molecule has 4 rings (SSSR count). The van der Waals surface area contributed by atoms with Crippen molar-refractivity contribution < 1.29 is 23.9 Å². The van der Waals surface area contributed by atoms with Crippen LogP contribution in [0.3, 0.4) is 0 Å². The van der Waals surface area contributed by atoms with E-state index in [9.17, 15) is 14.4 Å². The van der Waals surface area contributed by atoms with Crippen LogP contribution >= 0.6 is 34.4 Å². The van der Waals surface area contributed by atoms with Crippen LogP contribution in [-0.4, -0.2) is 29.1 Å². The van der Waals surface area contributed by atoms with Gasteiger partial charge >= 0.3 is 5.97 Å². The molecule has 0 N–H and O–H groups in total. The molecule has 0 aliphatic carbocycles. The first-order valence-corrected chi connectivity index (χ1v) is 11.8. The van der Waals surface area contributed by atoms with E-state index in [0.29, 0.717) is 22.0 Å². The number of rotatable bonds is 6. The van der Waals surface area contributed by atoms with Gasteiger partial charge in [0.15, 0.2) is 0 Å². The molecule has 1 aliphatic heterocycles. The molecule has 1 heterocycles. The predicted octanol–water partition coefficient (Wildman–Crippen LogP) is 5.76. The Morgan fingerprint density at radius 1 is 0.939 bits per heavy atom. The van der Waals surface area contributed by atoms with Gasteiger partial charge < -0.3 is 9.47 Å². The van der Waals surface area contributed by atoms with Crippen molar-refractivity contribution >= 4 is 57.5 Å². The normalized spacial score (nSPS) is 14.6. The number of hydrogen-bond donors (Lipinski definition) is 0. The lowest BCUT2D eigenvalue weighted by atomic mass is 10.2. The molecule has 166 valence electrons. The Labute approximate surface area is 208 Å². The summed E-state index contributed by atoms with van der Waals surface area (Å²) in [5, 5.41) is -0.296. The van der Waals surface area contributed by atoms with Crippen LogP contribution in [0, 0.1) is 3.57 Å². The van der Waals surface area contributed by atoms with Gasteiger partial charge in [-0.2, -0.15) is 0 Å². The van der Waals surface area contributed by atoms with Crippen LogP contribution < -0.4 is 9.47 Å². The molecule has 2 amide bonds. The minimum atomic E-state index is -0.484. The summed E-state index contributed by atoms with van der Waals surface area (Å²) in [7, 11) is 1.55. The van der Waals surface area contributed by atoms with E-state index in [2.05, 4.69) is 22.6 Å². The van der Waals surface area contributed by atoms with Crippen molar-refractivity contribution in [3.63, 3.8) is 0 Å². The fourth-order valence-electron chi connectivity index (χ4n) is 3.09. The van der Waals surface area contributed by atoms with Crippen molar-refractivity contribution in [2.45, 2.75) is 6.54 Å². The standard InChI is InChI=1S/C25H18INO5S/c1-31-20-12-6-18(7-13-20)24(29)32-21-10-4-16(5-11-21)14-22-23(28)27(25(30)33-22)15-17-2-8-19(26)9-3-17/h2-14H,15H2,1H3/b22-14+. The molecular weight excluding hydrogens is 553 g/mol. The first-order valence-electron chi connectivity index (χ1n) is 9.89. The third-order valence-corrected chi connectivity index (χ3v) is 6.47. The van der Waals surface area contributed by atoms with E-state index in [0.717, 1.165) is 26.5 Å². The van der Waals surface area contributed by atoms with Crippen LogP contribution in [0.4, 0.5) is 4.79 Å². The lowest BCUT2D eigenvalue weighted by Crippen LogP contribution is -2.27. The van der Waals surface area contributed by atoms with Crippen molar-refractivity contribution in [3.05, 3.63) is 98.0 Å². The average molecular weight is 571 g/mol. The van der Waals surface area contributed by atoms with Gasteiger partial charge in [0, 0.05) is 3.57 Å². The summed E-state index contributed by atoms with van der Waals surface area (Å²) in [4.78, 5) is 39.0. The largest absolute Gasteiger partial charge is 0.497 e. The summed E-state index contributed by atoms with van der Waals surface area (Å²) >= 11 is 3.12. The number of carbonyl (C=O) groups excluding carboxylic acids is 3. The Morgan fingerprint density at radius 3 is 2.21 bits per heavy atom. The Bertz CT molecular complexity index is 1220. The van der Waals surface area contributed by atoms with Gasteiger partial charge in [-0.1, -0.05) is 24.3 Å². The number of esters is 1. The number of methoxy groups -OCH3 is 1. The Hall–Kier alpha value is -3.11. The first-order chi connectivity index (χ1) is 15.9. The van der Waals surface area contributed by atoms with Gasteiger partial charge in [-0.15, -0.1) is 0 Å². The van der Waals surface area contributed by atoms with Crippen molar-refractivity contribution in [2.75, 3.05) is 7.11 Å². The summed E-state index contributed by atoms with van der Waals surface area (Å²) in [5.41, 5.74) is 2.02. The molecule has 1 saturated heterocycles. The molecule has 1 aliphatic rings. The summed E-state index contributed by atoms with van der Waals surface area (Å²) in [6, 6.07) is 21.0. The molecule has 3 aromatic carbocycles. The summed E-state index contributed by atoms with van der Waals surface area (Å²) in [6.45, 7) is 0.235. The molecule has 0 radical (unpaired) electrons. The molecule has 0 aromatic heterocycles. The van der Waals surface area contributed by atoms with Gasteiger partial charge in [-0.3, -0.25) is 14.5 Å². The number of amides is 2. The Kier molecular flexibility index (Phi) is 7.14. The Morgan fingerprint density at radius 2 is 1.58 bits per heavy atom. The van der Waals surface area contributed by atoms with Crippen LogP contribution in [0.1, 0.15) is 21.5 Å². The van der Waals surface area contributed by atoms with Gasteiger partial charge in [0.05, 0.1) is 24.1 Å². The van der Waals surface area contributed by atoms with Gasteiger partial charge in [-0.25, -0.2) is 4.79 Å². The van der Waals surface area contributed by atoms with Gasteiger partial charge in [-0.05, 0) is 100 Å². The van der Waals surface area contributed by atoms with Crippen LogP contribution in [-0.2, 0) is 11.3 Å². The number of nitrogens with zero attached hydrogens (tertiary/aromatic N) is 1. The topological polar surface area (TPSA) is 72.9 Å². The maximum absolute atomic E-state index is 12.7. The second-order valence-corrected chi connectivity index (χ2v) is 9.32. The zero-order valence-corrected chi connectivity index (χ0v) is 20.5. The highest BCUT2D eigenvalue weighted by Crippen LogP contribution is 2.33. The number of hydrogen-bond acceptors (Lipinski definition) is 6.